The third-order valence-corrected chi connectivity index (χ3v) is 7.16. The lowest BCUT2D eigenvalue weighted by Crippen LogP contribution is -2.16. The van der Waals surface area contributed by atoms with Crippen LogP contribution in [-0.4, -0.2) is 31.8 Å². The van der Waals surface area contributed by atoms with Gasteiger partial charge in [-0.25, -0.2) is 10.2 Å². The highest BCUT2D eigenvalue weighted by Gasteiger charge is 2.13. The molecule has 2 aromatic carbocycles. The molecule has 0 bridgehead atoms. The van der Waals surface area contributed by atoms with Gasteiger partial charge < -0.3 is 14.2 Å². The normalized spacial score (nSPS) is 11.0. The van der Waals surface area contributed by atoms with Crippen LogP contribution in [0, 0.1) is 0 Å². The summed E-state index contributed by atoms with van der Waals surface area (Å²) < 4.78 is 16.6. The van der Waals surface area contributed by atoms with E-state index in [1.807, 2.05) is 0 Å². The third kappa shape index (κ3) is 15.0. The maximum Gasteiger partial charge on any atom is 0.343 e. The van der Waals surface area contributed by atoms with Crippen LogP contribution in [0.5, 0.6) is 17.2 Å². The fraction of sp³-hybridized carbons (Fsp3) is 0.571. The van der Waals surface area contributed by atoms with E-state index in [-0.39, 0.29) is 5.91 Å². The number of hydrazone groups is 1. The molecule has 0 aromatic heterocycles. The van der Waals surface area contributed by atoms with Crippen LogP contribution in [0.4, 0.5) is 0 Å². The monoisotopic (exact) mass is 580 g/mol. The summed E-state index contributed by atoms with van der Waals surface area (Å²) in [4.78, 5) is 24.8. The Morgan fingerprint density at radius 3 is 1.93 bits per heavy atom. The summed E-state index contributed by atoms with van der Waals surface area (Å²) in [6, 6.07) is 12.0. The molecule has 0 radical (unpaired) electrons. The van der Waals surface area contributed by atoms with Gasteiger partial charge in [0.25, 0.3) is 0 Å². The number of nitrogens with one attached hydrogen (secondary N) is 1. The highest BCUT2D eigenvalue weighted by Crippen LogP contribution is 2.28. The number of rotatable bonds is 23. The summed E-state index contributed by atoms with van der Waals surface area (Å²) in [6.45, 7) is 5.02. The van der Waals surface area contributed by atoms with E-state index in [4.69, 9.17) is 14.2 Å². The molecule has 2 aromatic rings. The summed E-state index contributed by atoms with van der Waals surface area (Å²) in [5, 5.41) is 4.07. The Hall–Kier alpha value is -3.35. The van der Waals surface area contributed by atoms with Crippen molar-refractivity contribution in [3.8, 4) is 17.2 Å². The van der Waals surface area contributed by atoms with E-state index in [0.29, 0.717) is 35.7 Å². The largest absolute Gasteiger partial charge is 0.494 e. The van der Waals surface area contributed by atoms with Gasteiger partial charge in [0, 0.05) is 6.42 Å². The highest BCUT2D eigenvalue weighted by atomic mass is 16.6. The zero-order valence-corrected chi connectivity index (χ0v) is 26.1. The maximum atomic E-state index is 12.6. The average Bonchev–Trinajstić information content (AvgIpc) is 3.00. The second kappa shape index (κ2) is 22.3. The van der Waals surface area contributed by atoms with Crippen molar-refractivity contribution in [2.24, 2.45) is 5.10 Å². The molecule has 0 heterocycles. The molecule has 7 nitrogen and oxygen atoms in total. The molecule has 0 saturated heterocycles. The van der Waals surface area contributed by atoms with E-state index in [0.717, 1.165) is 31.4 Å². The van der Waals surface area contributed by atoms with Crippen LogP contribution in [0.15, 0.2) is 47.6 Å². The Kier molecular flexibility index (Phi) is 18.5. The average molecular weight is 581 g/mol. The minimum Gasteiger partial charge on any atom is -0.494 e. The van der Waals surface area contributed by atoms with Crippen molar-refractivity contribution < 1.29 is 23.8 Å². The van der Waals surface area contributed by atoms with Crippen LogP contribution in [0.3, 0.4) is 0 Å². The molecule has 7 heteroatoms. The number of esters is 1. The molecule has 0 spiro atoms. The summed E-state index contributed by atoms with van der Waals surface area (Å²) >= 11 is 0. The molecular weight excluding hydrogens is 528 g/mol. The molecule has 0 aliphatic heterocycles. The lowest BCUT2D eigenvalue weighted by molar-refractivity contribution is -0.121. The molecule has 0 saturated carbocycles. The topological polar surface area (TPSA) is 86.2 Å². The summed E-state index contributed by atoms with van der Waals surface area (Å²) in [7, 11) is 1.51. The predicted molar refractivity (Wildman–Crippen MR) is 171 cm³/mol. The van der Waals surface area contributed by atoms with Gasteiger partial charge in [-0.2, -0.15) is 5.10 Å². The standard InChI is InChI=1S/C35H52N2O5/c1-4-6-8-9-10-11-12-13-14-15-16-17-18-19-34(38)37-36-28-29-20-25-32(33(27-29)40-3)42-35(39)30-21-23-31(24-22-30)41-26-7-5-2/h20-25,27-28H,4-19,26H2,1-3H3,(H,37,38)/b36-28+. The molecular formula is C35H52N2O5. The van der Waals surface area contributed by atoms with Crippen molar-refractivity contribution in [3.63, 3.8) is 0 Å². The van der Waals surface area contributed by atoms with Gasteiger partial charge in [0.1, 0.15) is 5.75 Å². The number of carbonyl (C=O) groups excluding carboxylic acids is 2. The van der Waals surface area contributed by atoms with Crippen molar-refractivity contribution in [2.45, 2.75) is 117 Å². The van der Waals surface area contributed by atoms with Crippen LogP contribution in [0.25, 0.3) is 0 Å². The van der Waals surface area contributed by atoms with Crippen molar-refractivity contribution in [2.75, 3.05) is 13.7 Å². The van der Waals surface area contributed by atoms with Gasteiger partial charge >= 0.3 is 5.97 Å². The Morgan fingerprint density at radius 2 is 1.33 bits per heavy atom. The summed E-state index contributed by atoms with van der Waals surface area (Å²) in [5.41, 5.74) is 3.72. The van der Waals surface area contributed by atoms with Crippen LogP contribution in [-0.2, 0) is 4.79 Å². The SMILES string of the molecule is CCCCCCCCCCCCCCCC(=O)N/N=C/c1ccc(OC(=O)c2ccc(OCCCC)cc2)c(OC)c1. The number of amides is 1. The van der Waals surface area contributed by atoms with Crippen molar-refractivity contribution in [3.05, 3.63) is 53.6 Å². The van der Waals surface area contributed by atoms with E-state index in [9.17, 15) is 9.59 Å². The van der Waals surface area contributed by atoms with Crippen LogP contribution >= 0.6 is 0 Å². The van der Waals surface area contributed by atoms with E-state index in [1.165, 1.54) is 77.7 Å². The minimum atomic E-state index is -0.491. The molecule has 1 amide bonds. The lowest BCUT2D eigenvalue weighted by Gasteiger charge is -2.10. The summed E-state index contributed by atoms with van der Waals surface area (Å²) in [6.07, 6.45) is 20.7. The maximum absolute atomic E-state index is 12.6. The fourth-order valence-corrected chi connectivity index (χ4v) is 4.57. The number of hydrogen-bond donors (Lipinski definition) is 1. The zero-order chi connectivity index (χ0) is 30.3. The van der Waals surface area contributed by atoms with E-state index in [1.54, 1.807) is 48.7 Å². The van der Waals surface area contributed by atoms with Gasteiger partial charge in [0.15, 0.2) is 11.5 Å². The van der Waals surface area contributed by atoms with E-state index in [2.05, 4.69) is 24.4 Å². The first kappa shape index (κ1) is 34.8. The van der Waals surface area contributed by atoms with Crippen LogP contribution < -0.4 is 19.6 Å². The third-order valence-electron chi connectivity index (χ3n) is 7.16. The van der Waals surface area contributed by atoms with Gasteiger partial charge in [-0.05, 0) is 60.9 Å². The van der Waals surface area contributed by atoms with Gasteiger partial charge in [-0.3, -0.25) is 4.79 Å². The first-order valence-corrected chi connectivity index (χ1v) is 16.0. The Bertz CT molecular complexity index is 1050. The Morgan fingerprint density at radius 1 is 0.738 bits per heavy atom. The predicted octanol–water partition coefficient (Wildman–Crippen LogP) is 9.02. The number of methoxy groups -OCH3 is 1. The summed E-state index contributed by atoms with van der Waals surface area (Å²) in [5.74, 6) is 0.834. The molecule has 0 atom stereocenters. The second-order valence-corrected chi connectivity index (χ2v) is 10.8. The lowest BCUT2D eigenvalue weighted by atomic mass is 10.0. The van der Waals surface area contributed by atoms with Gasteiger partial charge in [0.2, 0.25) is 5.91 Å². The quantitative estimate of drug-likeness (QED) is 0.0466. The number of nitrogens with zero attached hydrogens (tertiary/aromatic N) is 1. The number of unbranched alkanes of at least 4 members (excludes halogenated alkanes) is 13. The number of ether oxygens (including phenoxy) is 3. The van der Waals surface area contributed by atoms with Crippen LogP contribution in [0.1, 0.15) is 133 Å². The molecule has 2 rings (SSSR count). The van der Waals surface area contributed by atoms with Crippen molar-refractivity contribution >= 4 is 18.1 Å². The second-order valence-electron chi connectivity index (χ2n) is 10.8. The van der Waals surface area contributed by atoms with Gasteiger partial charge in [0.05, 0.1) is 25.5 Å². The molecule has 232 valence electrons. The molecule has 0 aliphatic carbocycles. The molecule has 0 unspecified atom stereocenters. The van der Waals surface area contributed by atoms with Gasteiger partial charge in [-0.15, -0.1) is 0 Å². The number of carbonyl (C=O) groups is 2. The number of hydrogen-bond acceptors (Lipinski definition) is 6. The number of benzene rings is 2. The first-order chi connectivity index (χ1) is 20.6. The zero-order valence-electron chi connectivity index (χ0n) is 26.1. The Labute approximate surface area is 253 Å². The van der Waals surface area contributed by atoms with Gasteiger partial charge in [-0.1, -0.05) is 97.3 Å². The van der Waals surface area contributed by atoms with Crippen molar-refractivity contribution in [1.29, 1.82) is 0 Å². The van der Waals surface area contributed by atoms with Crippen molar-refractivity contribution in [1.82, 2.24) is 5.43 Å². The van der Waals surface area contributed by atoms with E-state index >= 15 is 0 Å². The highest BCUT2D eigenvalue weighted by molar-refractivity contribution is 5.91. The fourth-order valence-electron chi connectivity index (χ4n) is 4.57. The Balaban J connectivity index is 1.64. The molecule has 0 fully saturated rings. The smallest absolute Gasteiger partial charge is 0.343 e. The molecule has 0 aliphatic rings. The van der Waals surface area contributed by atoms with Crippen LogP contribution in [0.2, 0.25) is 0 Å². The molecule has 1 N–H and O–H groups in total. The minimum absolute atomic E-state index is 0.0892. The van der Waals surface area contributed by atoms with E-state index < -0.39 is 5.97 Å². The molecule has 42 heavy (non-hydrogen) atoms. The first-order valence-electron chi connectivity index (χ1n) is 16.0.